The quantitative estimate of drug-likeness (QED) is 0.647. The fourth-order valence-electron chi connectivity index (χ4n) is 6.66. The molecule has 0 radical (unpaired) electrons. The molecule has 0 spiro atoms. The summed E-state index contributed by atoms with van der Waals surface area (Å²) >= 11 is 0. The number of fused-ring (bicyclic) bond motifs is 2. The van der Waals surface area contributed by atoms with Gasteiger partial charge >= 0.3 is 12.2 Å². The van der Waals surface area contributed by atoms with E-state index in [0.717, 1.165) is 24.1 Å². The highest BCUT2D eigenvalue weighted by Gasteiger charge is 2.59. The number of alkyl halides is 3. The zero-order valence-corrected chi connectivity index (χ0v) is 20.4. The molecule has 8 nitrogen and oxygen atoms in total. The summed E-state index contributed by atoms with van der Waals surface area (Å²) in [5.41, 5.74) is 5.44. The number of halogens is 3. The van der Waals surface area contributed by atoms with Crippen LogP contribution in [-0.4, -0.2) is 79.9 Å². The lowest BCUT2D eigenvalue weighted by Gasteiger charge is -2.38. The first-order chi connectivity index (χ1) is 17.1. The van der Waals surface area contributed by atoms with E-state index in [1.807, 2.05) is 0 Å². The highest BCUT2D eigenvalue weighted by atomic mass is 19.4. The van der Waals surface area contributed by atoms with Crippen LogP contribution < -0.4 is 11.1 Å². The first-order valence-electron chi connectivity index (χ1n) is 12.5. The number of methoxy groups -OCH3 is 1. The fraction of sp³-hybridized carbons (Fsp3) is 0.680. The van der Waals surface area contributed by atoms with E-state index in [1.165, 1.54) is 11.0 Å². The molecule has 0 bridgehead atoms. The largest absolute Gasteiger partial charge is 0.416 e. The Morgan fingerprint density at radius 1 is 1.25 bits per heavy atom. The Morgan fingerprint density at radius 3 is 2.78 bits per heavy atom. The van der Waals surface area contributed by atoms with Gasteiger partial charge in [-0.05, 0) is 54.9 Å². The molecule has 36 heavy (non-hydrogen) atoms. The first kappa shape index (κ1) is 25.3. The van der Waals surface area contributed by atoms with Crippen LogP contribution in [0.1, 0.15) is 36.0 Å². The van der Waals surface area contributed by atoms with Crippen molar-refractivity contribution in [3.8, 4) is 0 Å². The number of nitrogens with zero attached hydrogens (tertiary/aromatic N) is 2. The van der Waals surface area contributed by atoms with Crippen LogP contribution in [-0.2, 0) is 33.4 Å². The van der Waals surface area contributed by atoms with Crippen LogP contribution in [0.3, 0.4) is 0 Å². The third-order valence-electron chi connectivity index (χ3n) is 8.50. The number of carbonyl (C=O) groups excluding carboxylic acids is 2. The molecule has 3 amide bonds. The predicted molar refractivity (Wildman–Crippen MR) is 124 cm³/mol. The minimum atomic E-state index is -4.44. The molecule has 1 saturated carbocycles. The second kappa shape index (κ2) is 9.50. The Morgan fingerprint density at radius 2 is 2.06 bits per heavy atom. The molecule has 3 fully saturated rings. The van der Waals surface area contributed by atoms with E-state index < -0.39 is 23.2 Å². The number of hydrogen-bond acceptors (Lipinski definition) is 5. The summed E-state index contributed by atoms with van der Waals surface area (Å²) in [7, 11) is 1.66. The van der Waals surface area contributed by atoms with E-state index in [1.54, 1.807) is 12.0 Å². The monoisotopic (exact) mass is 510 g/mol. The van der Waals surface area contributed by atoms with E-state index in [2.05, 4.69) is 5.32 Å². The number of primary amides is 1. The maximum atomic E-state index is 14.1. The van der Waals surface area contributed by atoms with Crippen molar-refractivity contribution in [3.05, 3.63) is 34.9 Å². The molecule has 0 unspecified atom stereocenters. The predicted octanol–water partition coefficient (Wildman–Crippen LogP) is 2.14. The highest BCUT2D eigenvalue weighted by molar-refractivity contribution is 5.86. The normalized spacial score (nSPS) is 32.3. The van der Waals surface area contributed by atoms with Gasteiger partial charge in [0.15, 0.2) is 0 Å². The summed E-state index contributed by atoms with van der Waals surface area (Å²) in [6.45, 7) is 2.36. The van der Waals surface area contributed by atoms with Gasteiger partial charge in [0.1, 0.15) is 0 Å². The van der Waals surface area contributed by atoms with Crippen LogP contribution in [0.5, 0.6) is 0 Å². The lowest BCUT2D eigenvalue weighted by atomic mass is 9.78. The van der Waals surface area contributed by atoms with Crippen molar-refractivity contribution in [2.24, 2.45) is 17.1 Å². The molecule has 198 valence electrons. The van der Waals surface area contributed by atoms with Gasteiger partial charge in [0, 0.05) is 52.0 Å². The van der Waals surface area contributed by atoms with Gasteiger partial charge in [0.2, 0.25) is 5.91 Å². The van der Waals surface area contributed by atoms with Crippen molar-refractivity contribution >= 4 is 11.9 Å². The van der Waals surface area contributed by atoms with Crippen molar-refractivity contribution in [1.82, 2.24) is 15.1 Å². The zero-order valence-electron chi connectivity index (χ0n) is 20.4. The van der Waals surface area contributed by atoms with Crippen molar-refractivity contribution in [2.75, 3.05) is 40.0 Å². The topological polar surface area (TPSA) is 97.1 Å². The van der Waals surface area contributed by atoms with Crippen LogP contribution in [0.25, 0.3) is 0 Å². The lowest BCUT2D eigenvalue weighted by molar-refractivity contribution is -0.143. The number of hydrogen-bond donors (Lipinski definition) is 2. The third-order valence-corrected chi connectivity index (χ3v) is 8.50. The maximum Gasteiger partial charge on any atom is 0.416 e. The molecule has 1 aromatic carbocycles. The number of likely N-dealkylation sites (tertiary alicyclic amines) is 1. The van der Waals surface area contributed by atoms with Gasteiger partial charge in [-0.15, -0.1) is 0 Å². The number of ether oxygens (including phenoxy) is 2. The van der Waals surface area contributed by atoms with Crippen molar-refractivity contribution < 1.29 is 32.2 Å². The van der Waals surface area contributed by atoms with E-state index in [0.29, 0.717) is 51.1 Å². The van der Waals surface area contributed by atoms with Gasteiger partial charge in [0.05, 0.1) is 23.7 Å². The zero-order chi connectivity index (χ0) is 25.7. The molecule has 2 saturated heterocycles. The average Bonchev–Trinajstić information content (AvgIpc) is 3.38. The number of carbonyl (C=O) groups is 2. The number of benzene rings is 1. The molecule has 3 heterocycles. The number of amides is 3. The molecule has 1 aromatic rings. The summed E-state index contributed by atoms with van der Waals surface area (Å²) in [5.74, 6) is -0.169. The van der Waals surface area contributed by atoms with Gasteiger partial charge in [-0.2, -0.15) is 13.2 Å². The highest BCUT2D eigenvalue weighted by Crippen LogP contribution is 2.50. The van der Waals surface area contributed by atoms with Crippen molar-refractivity contribution in [2.45, 2.75) is 56.6 Å². The molecule has 11 heteroatoms. The van der Waals surface area contributed by atoms with Crippen LogP contribution in [0.15, 0.2) is 18.2 Å². The van der Waals surface area contributed by atoms with Gasteiger partial charge in [0.25, 0.3) is 0 Å². The van der Waals surface area contributed by atoms with Gasteiger partial charge in [-0.1, -0.05) is 6.07 Å². The van der Waals surface area contributed by atoms with Gasteiger partial charge in [-0.3, -0.25) is 4.79 Å². The molecule has 3 aliphatic heterocycles. The minimum absolute atomic E-state index is 0.0589. The summed E-state index contributed by atoms with van der Waals surface area (Å²) in [5, 5.41) is 3.68. The van der Waals surface area contributed by atoms with Crippen LogP contribution in [0.2, 0.25) is 0 Å². The van der Waals surface area contributed by atoms with Crippen LogP contribution in [0, 0.1) is 11.3 Å². The summed E-state index contributed by atoms with van der Waals surface area (Å²) < 4.78 is 51.0. The second-order valence-electron chi connectivity index (χ2n) is 10.6. The maximum absolute atomic E-state index is 14.1. The number of nitrogens with two attached hydrogens (primary N) is 1. The Bertz CT molecular complexity index is 1020. The Kier molecular flexibility index (Phi) is 6.67. The number of nitrogens with one attached hydrogen (secondary N) is 1. The van der Waals surface area contributed by atoms with Crippen LogP contribution >= 0.6 is 0 Å². The molecule has 5 rings (SSSR count). The number of rotatable bonds is 4. The molecule has 3 N–H and O–H groups in total. The summed E-state index contributed by atoms with van der Waals surface area (Å²) in [6, 6.07) is 3.38. The summed E-state index contributed by atoms with van der Waals surface area (Å²) in [6.07, 6.45) is -1.95. The third kappa shape index (κ3) is 4.56. The van der Waals surface area contributed by atoms with E-state index >= 15 is 0 Å². The molecular weight excluding hydrogens is 477 g/mol. The van der Waals surface area contributed by atoms with Crippen molar-refractivity contribution in [1.29, 1.82) is 0 Å². The summed E-state index contributed by atoms with van der Waals surface area (Å²) in [4.78, 5) is 29.3. The Labute approximate surface area is 208 Å². The molecule has 5 atom stereocenters. The minimum Gasteiger partial charge on any atom is -0.379 e. The number of urea groups is 1. The van der Waals surface area contributed by atoms with E-state index in [-0.39, 0.29) is 43.1 Å². The SMILES string of the molecule is CO[C@@H]1COCC[C@@H]1N[C@@H]1C[C@H]2CN(C(N)=O)C[C@@]2(C(=O)N2CCc3ccc(C(F)(F)F)cc3C2)C1. The van der Waals surface area contributed by atoms with Crippen molar-refractivity contribution in [3.63, 3.8) is 0 Å². The van der Waals surface area contributed by atoms with E-state index in [4.69, 9.17) is 15.2 Å². The molecule has 0 aromatic heterocycles. The van der Waals surface area contributed by atoms with E-state index in [9.17, 15) is 22.8 Å². The first-order valence-corrected chi connectivity index (χ1v) is 12.5. The Balaban J connectivity index is 1.36. The Hall–Kier alpha value is -2.37. The average molecular weight is 511 g/mol. The lowest BCUT2D eigenvalue weighted by Crippen LogP contribution is -2.52. The standard InChI is InChI=1S/C25H33F3N4O4/c1-35-21-13-36-7-5-20(21)30-19-9-18-12-32(23(29)34)14-24(18,10-19)22(33)31-6-4-15-2-3-17(25(26,27)28)8-16(15)11-31/h2-3,8,18-21,30H,4-7,9-14H2,1H3,(H2,29,34)/t18-,19+,20-,21+,24-/m0/s1. The fourth-order valence-corrected chi connectivity index (χ4v) is 6.66. The van der Waals surface area contributed by atoms with Crippen LogP contribution in [0.4, 0.5) is 18.0 Å². The molecule has 4 aliphatic rings. The van der Waals surface area contributed by atoms with Gasteiger partial charge in [-0.25, -0.2) is 4.79 Å². The molecule has 1 aliphatic carbocycles. The van der Waals surface area contributed by atoms with Gasteiger partial charge < -0.3 is 30.3 Å². The smallest absolute Gasteiger partial charge is 0.379 e. The second-order valence-corrected chi connectivity index (χ2v) is 10.6. The molecular formula is C25H33F3N4O4.